The molecule has 3 rings (SSSR count). The molecule has 1 aliphatic rings. The zero-order chi connectivity index (χ0) is 19.4. The number of hydrogen-bond acceptors (Lipinski definition) is 6. The van der Waals surface area contributed by atoms with Crippen LogP contribution in [0.2, 0.25) is 0 Å². The lowest BCUT2D eigenvalue weighted by Gasteiger charge is -2.10. The minimum atomic E-state index is -1.02. The maximum Gasteiger partial charge on any atom is 0.320 e. The number of benzene rings is 2. The van der Waals surface area contributed by atoms with Crippen molar-refractivity contribution in [3.63, 3.8) is 0 Å². The average Bonchev–Trinajstić information content (AvgIpc) is 2.95. The quantitative estimate of drug-likeness (QED) is 0.612. The summed E-state index contributed by atoms with van der Waals surface area (Å²) in [6, 6.07) is 13.8. The van der Waals surface area contributed by atoms with Crippen molar-refractivity contribution in [1.29, 1.82) is 0 Å². The van der Waals surface area contributed by atoms with Crippen molar-refractivity contribution in [2.45, 2.75) is 24.1 Å². The minimum Gasteiger partial charge on any atom is -0.480 e. The smallest absolute Gasteiger partial charge is 0.320 e. The summed E-state index contributed by atoms with van der Waals surface area (Å²) in [5, 5.41) is 11.3. The molecule has 1 aliphatic heterocycles. The van der Waals surface area contributed by atoms with E-state index in [-0.39, 0.29) is 17.6 Å². The Morgan fingerprint density at radius 2 is 1.70 bits per heavy atom. The second-order valence-corrected chi connectivity index (χ2v) is 8.01. The summed E-state index contributed by atoms with van der Waals surface area (Å²) >= 11 is 6.38. The number of aliphatic carboxylic acids is 1. The van der Waals surface area contributed by atoms with Crippen LogP contribution >= 0.6 is 24.0 Å². The Morgan fingerprint density at radius 3 is 2.19 bits per heavy atom. The van der Waals surface area contributed by atoms with Gasteiger partial charge in [-0.2, -0.15) is 0 Å². The van der Waals surface area contributed by atoms with Gasteiger partial charge < -0.3 is 20.9 Å². The molecule has 2 atom stereocenters. The summed E-state index contributed by atoms with van der Waals surface area (Å²) in [6.07, 6.45) is 0.871. The van der Waals surface area contributed by atoms with Crippen LogP contribution in [-0.4, -0.2) is 32.6 Å². The van der Waals surface area contributed by atoms with Crippen LogP contribution in [-0.2, 0) is 22.4 Å². The van der Waals surface area contributed by atoms with E-state index >= 15 is 0 Å². The first-order chi connectivity index (χ1) is 12.9. The summed E-state index contributed by atoms with van der Waals surface area (Å²) in [7, 11) is 0. The highest BCUT2D eigenvalue weighted by molar-refractivity contribution is 8.24. The monoisotopic (exact) mass is 402 g/mol. The molecular weight excluding hydrogens is 384 g/mol. The number of nitrogens with two attached hydrogens (primary N) is 1. The third kappa shape index (κ3) is 5.29. The van der Waals surface area contributed by atoms with Crippen molar-refractivity contribution in [3.8, 4) is 11.5 Å². The lowest BCUT2D eigenvalue weighted by Crippen LogP contribution is -2.32. The number of thioether (sulfide) groups is 1. The zero-order valence-corrected chi connectivity index (χ0v) is 15.9. The van der Waals surface area contributed by atoms with E-state index in [1.807, 2.05) is 24.3 Å². The van der Waals surface area contributed by atoms with Crippen LogP contribution in [0.1, 0.15) is 11.1 Å². The molecule has 0 saturated carbocycles. The molecule has 0 spiro atoms. The number of hydrogen-bond donors (Lipinski definition) is 3. The molecule has 1 amide bonds. The Kier molecular flexibility index (Phi) is 6.10. The van der Waals surface area contributed by atoms with Crippen molar-refractivity contribution in [2.24, 2.45) is 5.73 Å². The number of rotatable bonds is 7. The topological polar surface area (TPSA) is 102 Å². The van der Waals surface area contributed by atoms with Gasteiger partial charge >= 0.3 is 5.97 Å². The van der Waals surface area contributed by atoms with Crippen LogP contribution in [0.3, 0.4) is 0 Å². The van der Waals surface area contributed by atoms with Gasteiger partial charge in [0.2, 0.25) is 5.91 Å². The number of carbonyl (C=O) groups excluding carboxylic acids is 1. The second-order valence-electron chi connectivity index (χ2n) is 6.13. The third-order valence-corrected chi connectivity index (χ3v) is 5.42. The number of ether oxygens (including phenoxy) is 1. The fourth-order valence-corrected chi connectivity index (χ4v) is 3.91. The number of thiocarbonyl (C=S) groups is 1. The highest BCUT2D eigenvalue weighted by atomic mass is 32.2. The van der Waals surface area contributed by atoms with E-state index in [0.29, 0.717) is 22.2 Å². The van der Waals surface area contributed by atoms with Gasteiger partial charge in [0.25, 0.3) is 0 Å². The molecule has 2 aromatic carbocycles. The fourth-order valence-electron chi connectivity index (χ4n) is 2.61. The van der Waals surface area contributed by atoms with Crippen LogP contribution in [0.4, 0.5) is 0 Å². The van der Waals surface area contributed by atoms with Crippen molar-refractivity contribution >= 4 is 40.2 Å². The van der Waals surface area contributed by atoms with Crippen molar-refractivity contribution < 1.29 is 19.4 Å². The van der Waals surface area contributed by atoms with E-state index in [0.717, 1.165) is 11.1 Å². The van der Waals surface area contributed by atoms with E-state index in [1.54, 1.807) is 24.3 Å². The largest absolute Gasteiger partial charge is 0.480 e. The molecule has 0 aromatic heterocycles. The van der Waals surface area contributed by atoms with Crippen molar-refractivity contribution in [3.05, 3.63) is 59.7 Å². The van der Waals surface area contributed by atoms with Gasteiger partial charge in [0.15, 0.2) is 0 Å². The van der Waals surface area contributed by atoms with E-state index < -0.39 is 12.0 Å². The average molecular weight is 402 g/mol. The van der Waals surface area contributed by atoms with Gasteiger partial charge in [-0.1, -0.05) is 48.2 Å². The highest BCUT2D eigenvalue weighted by Gasteiger charge is 2.28. The van der Waals surface area contributed by atoms with Gasteiger partial charge in [0.1, 0.15) is 21.9 Å². The highest BCUT2D eigenvalue weighted by Crippen LogP contribution is 2.26. The molecule has 1 saturated heterocycles. The number of carbonyl (C=O) groups is 2. The lowest BCUT2D eigenvalue weighted by molar-refractivity contribution is -0.138. The Labute approximate surface area is 166 Å². The summed E-state index contributed by atoms with van der Waals surface area (Å²) in [4.78, 5) is 22.5. The maximum atomic E-state index is 11.7. The van der Waals surface area contributed by atoms with Crippen LogP contribution in [0.5, 0.6) is 11.5 Å². The van der Waals surface area contributed by atoms with E-state index in [4.69, 9.17) is 27.8 Å². The Hall–Kier alpha value is -2.42. The van der Waals surface area contributed by atoms with Gasteiger partial charge in [0, 0.05) is 0 Å². The van der Waals surface area contributed by atoms with Crippen molar-refractivity contribution in [1.82, 2.24) is 5.32 Å². The van der Waals surface area contributed by atoms with Gasteiger partial charge in [-0.05, 0) is 48.2 Å². The predicted octanol–water partition coefficient (Wildman–Crippen LogP) is 2.49. The van der Waals surface area contributed by atoms with Gasteiger partial charge in [-0.25, -0.2) is 0 Å². The molecule has 4 N–H and O–H groups in total. The molecule has 27 heavy (non-hydrogen) atoms. The molecule has 1 fully saturated rings. The molecular formula is C19H18N2O4S2. The van der Waals surface area contributed by atoms with E-state index in [2.05, 4.69) is 5.32 Å². The van der Waals surface area contributed by atoms with Crippen LogP contribution < -0.4 is 15.8 Å². The third-order valence-electron chi connectivity index (χ3n) is 4.04. The lowest BCUT2D eigenvalue weighted by atomic mass is 10.1. The molecule has 8 heteroatoms. The number of amides is 1. The molecule has 2 aromatic rings. The summed E-state index contributed by atoms with van der Waals surface area (Å²) in [5.41, 5.74) is 7.39. The predicted molar refractivity (Wildman–Crippen MR) is 108 cm³/mol. The van der Waals surface area contributed by atoms with Crippen LogP contribution in [0.25, 0.3) is 0 Å². The summed E-state index contributed by atoms with van der Waals surface area (Å²) in [6.45, 7) is 0. The van der Waals surface area contributed by atoms with Gasteiger partial charge in [0.05, 0.1) is 5.25 Å². The Bertz CT molecular complexity index is 853. The van der Waals surface area contributed by atoms with E-state index in [1.165, 1.54) is 11.8 Å². The number of carboxylic acid groups (broad SMARTS) is 1. The normalized spacial score (nSPS) is 17.4. The zero-order valence-electron chi connectivity index (χ0n) is 14.3. The number of nitrogens with one attached hydrogen (secondary N) is 1. The fraction of sp³-hybridized carbons (Fsp3) is 0.211. The van der Waals surface area contributed by atoms with Crippen LogP contribution in [0, 0.1) is 0 Å². The molecule has 140 valence electrons. The van der Waals surface area contributed by atoms with Gasteiger partial charge in [-0.3, -0.25) is 9.59 Å². The molecule has 1 heterocycles. The molecule has 0 radical (unpaired) electrons. The summed E-state index contributed by atoms with van der Waals surface area (Å²) < 4.78 is 6.32. The van der Waals surface area contributed by atoms with E-state index in [9.17, 15) is 9.59 Å². The first kappa shape index (κ1) is 19.3. The first-order valence-corrected chi connectivity index (χ1v) is 9.55. The second kappa shape index (κ2) is 8.51. The minimum absolute atomic E-state index is 0.0481. The molecule has 0 aliphatic carbocycles. The standard InChI is InChI=1S/C19H18N2O4S2/c20-15(18(23)24)9-11-1-5-13(6-2-11)25-14-7-3-12(4-8-14)10-16-17(22)21-19(26)27-16/h1-8,15-16H,9-10,20H2,(H,23,24)(H,21,22,26)/t15-,16?/m0/s1. The maximum absolute atomic E-state index is 11.7. The molecule has 0 bridgehead atoms. The molecule has 6 nitrogen and oxygen atoms in total. The summed E-state index contributed by atoms with van der Waals surface area (Å²) in [5.74, 6) is 0.248. The SMILES string of the molecule is N[C@@H](Cc1ccc(Oc2ccc(CC3SC(=S)NC3=O)cc2)cc1)C(=O)O. The first-order valence-electron chi connectivity index (χ1n) is 8.26. The van der Waals surface area contributed by atoms with Crippen LogP contribution in [0.15, 0.2) is 48.5 Å². The van der Waals surface area contributed by atoms with Crippen molar-refractivity contribution in [2.75, 3.05) is 0 Å². The molecule has 1 unspecified atom stereocenters. The Balaban J connectivity index is 1.57. The Morgan fingerprint density at radius 1 is 1.15 bits per heavy atom. The van der Waals surface area contributed by atoms with Gasteiger partial charge in [-0.15, -0.1) is 0 Å². The number of carboxylic acids is 1.